The predicted molar refractivity (Wildman–Crippen MR) is 46.3 cm³/mol. The van der Waals surface area contributed by atoms with Gasteiger partial charge in [0, 0.05) is 0 Å². The Morgan fingerprint density at radius 3 is 1.88 bits per heavy atom. The highest BCUT2D eigenvalue weighted by Gasteiger charge is 2.61. The fourth-order valence-electron chi connectivity index (χ4n) is 1.07. The first kappa shape index (κ1) is 14.1. The van der Waals surface area contributed by atoms with E-state index in [9.17, 15) is 31.1 Å². The van der Waals surface area contributed by atoms with E-state index < -0.39 is 29.8 Å². The topological polar surface area (TPSA) is 30.2 Å². The summed E-state index contributed by atoms with van der Waals surface area (Å²) in [7, 11) is 0. The van der Waals surface area contributed by atoms with Crippen molar-refractivity contribution in [3.63, 3.8) is 0 Å². The maximum Gasteiger partial charge on any atom is 0.407 e. The molecular formula is C8H3BrF6O2. The molecule has 96 valence electrons. The second kappa shape index (κ2) is 4.35. The molecule has 9 heteroatoms. The molecule has 17 heavy (non-hydrogen) atoms. The number of carbonyl (C=O) groups is 1. The zero-order valence-corrected chi connectivity index (χ0v) is 9.28. The van der Waals surface area contributed by atoms with Crippen molar-refractivity contribution in [2.24, 2.45) is 5.92 Å². The molecule has 0 spiro atoms. The second-order valence-electron chi connectivity index (χ2n) is 2.98. The summed E-state index contributed by atoms with van der Waals surface area (Å²) in [5, 5.41) is 0. The van der Waals surface area contributed by atoms with Crippen LogP contribution in [0, 0.1) is 5.92 Å². The van der Waals surface area contributed by atoms with Gasteiger partial charge < -0.3 is 4.42 Å². The Hall–Kier alpha value is -0.990. The van der Waals surface area contributed by atoms with Crippen molar-refractivity contribution >= 4 is 21.7 Å². The van der Waals surface area contributed by atoms with Crippen molar-refractivity contribution in [1.82, 2.24) is 0 Å². The van der Waals surface area contributed by atoms with Crippen LogP contribution in [0.5, 0.6) is 0 Å². The van der Waals surface area contributed by atoms with Crippen molar-refractivity contribution in [1.29, 1.82) is 0 Å². The van der Waals surface area contributed by atoms with Gasteiger partial charge in [-0.05, 0) is 28.1 Å². The van der Waals surface area contributed by atoms with Crippen molar-refractivity contribution in [3.05, 3.63) is 22.6 Å². The maximum absolute atomic E-state index is 12.2. The molecule has 1 aromatic rings. The van der Waals surface area contributed by atoms with E-state index in [1.807, 2.05) is 0 Å². The zero-order chi connectivity index (χ0) is 13.4. The third-order valence-corrected chi connectivity index (χ3v) is 2.16. The first-order valence-corrected chi connectivity index (χ1v) is 4.75. The highest BCUT2D eigenvalue weighted by atomic mass is 79.9. The van der Waals surface area contributed by atoms with Gasteiger partial charge in [0.05, 0.1) is 0 Å². The number of alkyl halides is 6. The van der Waals surface area contributed by atoms with Crippen LogP contribution in [0.3, 0.4) is 0 Å². The van der Waals surface area contributed by atoms with E-state index in [0.29, 0.717) is 0 Å². The van der Waals surface area contributed by atoms with Crippen LogP contribution >= 0.6 is 15.9 Å². The Morgan fingerprint density at radius 2 is 1.59 bits per heavy atom. The molecule has 0 aromatic carbocycles. The highest BCUT2D eigenvalue weighted by Crippen LogP contribution is 2.41. The van der Waals surface area contributed by atoms with Crippen LogP contribution in [-0.2, 0) is 0 Å². The molecule has 0 fully saturated rings. The van der Waals surface area contributed by atoms with Gasteiger partial charge in [-0.25, -0.2) is 0 Å². The number of hydrogen-bond donors (Lipinski definition) is 0. The molecule has 0 aliphatic heterocycles. The third-order valence-electron chi connectivity index (χ3n) is 1.73. The van der Waals surface area contributed by atoms with Crippen molar-refractivity contribution < 1.29 is 35.6 Å². The number of hydrogen-bond acceptors (Lipinski definition) is 2. The Bertz CT molecular complexity index is 404. The number of Topliss-reactive ketones (excluding diaryl/α,β-unsaturated/α-hetero) is 1. The first-order valence-electron chi connectivity index (χ1n) is 3.96. The molecule has 0 bridgehead atoms. The number of carbonyl (C=O) groups excluding carboxylic acids is 1. The Balaban J connectivity index is 3.13. The van der Waals surface area contributed by atoms with Crippen LogP contribution in [0.2, 0.25) is 0 Å². The summed E-state index contributed by atoms with van der Waals surface area (Å²) >= 11 is 2.67. The fraction of sp³-hybridized carbons (Fsp3) is 0.375. The van der Waals surface area contributed by atoms with Crippen LogP contribution in [0.4, 0.5) is 26.3 Å². The largest absolute Gasteiger partial charge is 0.446 e. The van der Waals surface area contributed by atoms with Crippen LogP contribution in [-0.4, -0.2) is 18.1 Å². The molecule has 1 rings (SSSR count). The molecule has 0 atom stereocenters. The minimum absolute atomic E-state index is 0.135. The van der Waals surface area contributed by atoms with Gasteiger partial charge in [-0.3, -0.25) is 4.79 Å². The maximum atomic E-state index is 12.2. The summed E-state index contributed by atoms with van der Waals surface area (Å²) in [6.45, 7) is 0. The van der Waals surface area contributed by atoms with E-state index in [2.05, 4.69) is 20.3 Å². The van der Waals surface area contributed by atoms with E-state index in [-0.39, 0.29) is 4.67 Å². The van der Waals surface area contributed by atoms with Gasteiger partial charge in [0.15, 0.2) is 10.4 Å². The Labute approximate surface area is 98.7 Å². The molecule has 1 aromatic heterocycles. The SMILES string of the molecule is O=C(c1ccc(Br)o1)C(C(F)(F)F)C(F)(F)F. The summed E-state index contributed by atoms with van der Waals surface area (Å²) in [5.74, 6) is -7.25. The van der Waals surface area contributed by atoms with Gasteiger partial charge in [-0.1, -0.05) is 0 Å². The van der Waals surface area contributed by atoms with Gasteiger partial charge in [0.2, 0.25) is 11.7 Å². The van der Waals surface area contributed by atoms with E-state index >= 15 is 0 Å². The zero-order valence-electron chi connectivity index (χ0n) is 7.69. The lowest BCUT2D eigenvalue weighted by molar-refractivity contribution is -0.265. The number of halogens is 7. The quantitative estimate of drug-likeness (QED) is 0.608. The van der Waals surface area contributed by atoms with E-state index in [0.717, 1.165) is 12.1 Å². The normalized spacial score (nSPS) is 13.2. The summed E-state index contributed by atoms with van der Waals surface area (Å²) in [6.07, 6.45) is -11.4. The predicted octanol–water partition coefficient (Wildman–Crippen LogP) is 3.97. The summed E-state index contributed by atoms with van der Waals surface area (Å²) in [5.41, 5.74) is 0. The first-order chi connectivity index (χ1) is 7.53. The Morgan fingerprint density at radius 1 is 1.12 bits per heavy atom. The van der Waals surface area contributed by atoms with Crippen LogP contribution in [0.15, 0.2) is 21.2 Å². The molecule has 0 unspecified atom stereocenters. The molecule has 0 amide bonds. The number of ketones is 1. The fourth-order valence-corrected chi connectivity index (χ4v) is 1.38. The van der Waals surface area contributed by atoms with Crippen molar-refractivity contribution in [2.75, 3.05) is 0 Å². The number of rotatable bonds is 2. The molecule has 2 nitrogen and oxygen atoms in total. The Kier molecular flexibility index (Phi) is 3.60. The van der Waals surface area contributed by atoms with Gasteiger partial charge in [-0.15, -0.1) is 0 Å². The smallest absolute Gasteiger partial charge is 0.407 e. The van der Waals surface area contributed by atoms with Crippen molar-refractivity contribution in [3.8, 4) is 0 Å². The van der Waals surface area contributed by atoms with E-state index in [1.165, 1.54) is 0 Å². The molecular weight excluding hydrogens is 322 g/mol. The second-order valence-corrected chi connectivity index (χ2v) is 3.77. The lowest BCUT2D eigenvalue weighted by atomic mass is 10.0. The van der Waals surface area contributed by atoms with Crippen molar-refractivity contribution in [2.45, 2.75) is 12.4 Å². The molecule has 0 saturated carbocycles. The highest BCUT2D eigenvalue weighted by molar-refractivity contribution is 9.10. The van der Waals surface area contributed by atoms with E-state index in [1.54, 1.807) is 0 Å². The standard InChI is InChI=1S/C8H3BrF6O2/c9-4-2-1-3(17-4)5(16)6(7(10,11)12)8(13,14)15/h1-2,6H. The molecule has 0 aliphatic carbocycles. The summed E-state index contributed by atoms with van der Waals surface area (Å²) in [6, 6.07) is 1.76. The molecule has 0 saturated heterocycles. The van der Waals surface area contributed by atoms with Crippen LogP contribution in [0.25, 0.3) is 0 Å². The molecule has 1 heterocycles. The van der Waals surface area contributed by atoms with Gasteiger partial charge in [-0.2, -0.15) is 26.3 Å². The van der Waals surface area contributed by atoms with Gasteiger partial charge >= 0.3 is 12.4 Å². The van der Waals surface area contributed by atoms with Gasteiger partial charge in [0.1, 0.15) is 0 Å². The lowest BCUT2D eigenvalue weighted by Gasteiger charge is -2.20. The minimum Gasteiger partial charge on any atom is -0.446 e. The summed E-state index contributed by atoms with van der Waals surface area (Å²) < 4.78 is 77.2. The monoisotopic (exact) mass is 324 g/mol. The van der Waals surface area contributed by atoms with Crippen LogP contribution < -0.4 is 0 Å². The number of furan rings is 1. The minimum atomic E-state index is -5.71. The molecule has 0 radical (unpaired) electrons. The average molecular weight is 325 g/mol. The molecule has 0 aliphatic rings. The lowest BCUT2D eigenvalue weighted by Crippen LogP contribution is -2.42. The third kappa shape index (κ3) is 3.24. The molecule has 0 N–H and O–H groups in total. The van der Waals surface area contributed by atoms with Crippen LogP contribution in [0.1, 0.15) is 10.6 Å². The average Bonchev–Trinajstić information content (AvgIpc) is 2.45. The summed E-state index contributed by atoms with van der Waals surface area (Å²) in [4.78, 5) is 11.1. The van der Waals surface area contributed by atoms with E-state index in [4.69, 9.17) is 0 Å². The van der Waals surface area contributed by atoms with Gasteiger partial charge in [0.25, 0.3) is 0 Å².